The second kappa shape index (κ2) is 6.42. The first-order valence-electron chi connectivity index (χ1n) is 7.88. The second-order valence-electron chi connectivity index (χ2n) is 6.09. The van der Waals surface area contributed by atoms with Gasteiger partial charge in [0.15, 0.2) is 0 Å². The van der Waals surface area contributed by atoms with Crippen molar-refractivity contribution in [3.8, 4) is 6.07 Å². The van der Waals surface area contributed by atoms with Gasteiger partial charge in [0, 0.05) is 19.3 Å². The van der Waals surface area contributed by atoms with Gasteiger partial charge in [-0.1, -0.05) is 0 Å². The summed E-state index contributed by atoms with van der Waals surface area (Å²) in [6, 6.07) is 9.05. The average Bonchev–Trinajstić information content (AvgIpc) is 3.12. The monoisotopic (exact) mass is 324 g/mol. The number of anilines is 1. The van der Waals surface area contributed by atoms with Crippen molar-refractivity contribution < 1.29 is 4.79 Å². The molecular formula is C17H20N6O. The normalized spacial score (nSPS) is 17.5. The van der Waals surface area contributed by atoms with Crippen molar-refractivity contribution in [3.63, 3.8) is 0 Å². The van der Waals surface area contributed by atoms with Crippen LogP contribution in [0.2, 0.25) is 0 Å². The number of nitrogens with zero attached hydrogens (tertiary/aromatic N) is 6. The summed E-state index contributed by atoms with van der Waals surface area (Å²) < 4.78 is 1.94. The van der Waals surface area contributed by atoms with Gasteiger partial charge in [-0.25, -0.2) is 0 Å². The zero-order valence-corrected chi connectivity index (χ0v) is 14.1. The van der Waals surface area contributed by atoms with Crippen molar-refractivity contribution in [2.45, 2.75) is 25.9 Å². The summed E-state index contributed by atoms with van der Waals surface area (Å²) in [5, 5.41) is 17.1. The molecule has 124 valence electrons. The van der Waals surface area contributed by atoms with Crippen LogP contribution in [0.25, 0.3) is 0 Å². The first-order valence-corrected chi connectivity index (χ1v) is 7.88. The van der Waals surface area contributed by atoms with E-state index in [0.29, 0.717) is 18.7 Å². The summed E-state index contributed by atoms with van der Waals surface area (Å²) in [5.74, 6) is 1.79. The Morgan fingerprint density at radius 2 is 2.04 bits per heavy atom. The molecule has 0 spiro atoms. The van der Waals surface area contributed by atoms with Crippen molar-refractivity contribution in [1.82, 2.24) is 19.7 Å². The van der Waals surface area contributed by atoms with Gasteiger partial charge in [0.05, 0.1) is 24.2 Å². The quantitative estimate of drug-likeness (QED) is 0.845. The van der Waals surface area contributed by atoms with Gasteiger partial charge in [0.25, 0.3) is 0 Å². The summed E-state index contributed by atoms with van der Waals surface area (Å²) >= 11 is 0. The minimum Gasteiger partial charge on any atom is -0.317 e. The van der Waals surface area contributed by atoms with Crippen LogP contribution < -0.4 is 4.90 Å². The van der Waals surface area contributed by atoms with Gasteiger partial charge in [0.2, 0.25) is 5.91 Å². The standard InChI is InChI=1S/C17H20N6O/c1-12-19-20-16(22(12)3)11-21(2)15-8-9-23(17(15)24)14-6-4-13(10-18)5-7-14/h4-7,15H,8-9,11H2,1-3H3/t15-/m0/s1. The number of hydrogen-bond acceptors (Lipinski definition) is 5. The first-order chi connectivity index (χ1) is 11.5. The molecule has 0 unspecified atom stereocenters. The Balaban J connectivity index is 1.71. The van der Waals surface area contributed by atoms with Gasteiger partial charge in [-0.05, 0) is 44.7 Å². The summed E-state index contributed by atoms with van der Waals surface area (Å²) in [5.41, 5.74) is 1.43. The SMILES string of the molecule is Cc1nnc(CN(C)[C@H]2CCN(c3ccc(C#N)cc3)C2=O)n1C. The number of carbonyl (C=O) groups excluding carboxylic acids is 1. The fraction of sp³-hybridized carbons (Fsp3) is 0.412. The van der Waals surface area contributed by atoms with Gasteiger partial charge in [-0.15, -0.1) is 10.2 Å². The second-order valence-corrected chi connectivity index (χ2v) is 6.09. The Hall–Kier alpha value is -2.72. The number of benzene rings is 1. The van der Waals surface area contributed by atoms with E-state index in [2.05, 4.69) is 16.3 Å². The summed E-state index contributed by atoms with van der Waals surface area (Å²) in [7, 11) is 3.87. The molecule has 3 rings (SSSR count). The summed E-state index contributed by atoms with van der Waals surface area (Å²) in [6.07, 6.45) is 0.770. The number of aryl methyl sites for hydroxylation is 1. The Morgan fingerprint density at radius 3 is 2.62 bits per heavy atom. The molecule has 0 aliphatic carbocycles. The molecule has 1 aromatic carbocycles. The molecule has 7 heteroatoms. The molecule has 1 aliphatic heterocycles. The highest BCUT2D eigenvalue weighted by Gasteiger charge is 2.35. The third-order valence-corrected chi connectivity index (χ3v) is 4.59. The van der Waals surface area contributed by atoms with Crippen LogP contribution in [0.1, 0.15) is 23.6 Å². The molecule has 1 atom stereocenters. The summed E-state index contributed by atoms with van der Waals surface area (Å²) in [6.45, 7) is 3.16. The molecule has 1 aliphatic rings. The van der Waals surface area contributed by atoms with Gasteiger partial charge >= 0.3 is 0 Å². The van der Waals surface area contributed by atoms with Crippen LogP contribution in [0.5, 0.6) is 0 Å². The van der Waals surface area contributed by atoms with E-state index in [4.69, 9.17) is 5.26 Å². The van der Waals surface area contributed by atoms with E-state index in [9.17, 15) is 4.79 Å². The van der Waals surface area contributed by atoms with Crippen molar-refractivity contribution in [2.24, 2.45) is 7.05 Å². The van der Waals surface area contributed by atoms with E-state index in [1.54, 1.807) is 17.0 Å². The van der Waals surface area contributed by atoms with Gasteiger partial charge < -0.3 is 9.47 Å². The maximum Gasteiger partial charge on any atom is 0.244 e. The number of rotatable bonds is 4. The molecule has 1 saturated heterocycles. The van der Waals surface area contributed by atoms with Crippen molar-refractivity contribution in [3.05, 3.63) is 41.5 Å². The lowest BCUT2D eigenvalue weighted by atomic mass is 10.2. The Kier molecular flexibility index (Phi) is 4.32. The largest absolute Gasteiger partial charge is 0.317 e. The predicted octanol–water partition coefficient (Wildman–Crippen LogP) is 1.23. The van der Waals surface area contributed by atoms with E-state index in [-0.39, 0.29) is 11.9 Å². The molecule has 0 radical (unpaired) electrons. The van der Waals surface area contributed by atoms with Crippen LogP contribution in [0, 0.1) is 18.3 Å². The molecule has 0 saturated carbocycles. The van der Waals surface area contributed by atoms with Gasteiger partial charge in [-0.3, -0.25) is 9.69 Å². The van der Waals surface area contributed by atoms with Crippen LogP contribution in [-0.4, -0.2) is 45.2 Å². The lowest BCUT2D eigenvalue weighted by molar-refractivity contribution is -0.121. The molecule has 2 aromatic rings. The minimum atomic E-state index is -0.169. The molecule has 2 heterocycles. The molecule has 1 aromatic heterocycles. The van der Waals surface area contributed by atoms with Crippen molar-refractivity contribution >= 4 is 11.6 Å². The number of nitriles is 1. The molecule has 1 amide bonds. The number of carbonyl (C=O) groups is 1. The number of likely N-dealkylation sites (N-methyl/N-ethyl adjacent to an activating group) is 1. The number of hydrogen-bond donors (Lipinski definition) is 0. The predicted molar refractivity (Wildman–Crippen MR) is 89.1 cm³/mol. The fourth-order valence-corrected chi connectivity index (χ4v) is 2.97. The Morgan fingerprint density at radius 1 is 1.33 bits per heavy atom. The topological polar surface area (TPSA) is 78.1 Å². The molecule has 0 N–H and O–H groups in total. The number of aromatic nitrogens is 3. The minimum absolute atomic E-state index is 0.0843. The maximum atomic E-state index is 12.8. The van der Waals surface area contributed by atoms with Crippen LogP contribution in [-0.2, 0) is 18.4 Å². The molecule has 7 nitrogen and oxygen atoms in total. The van der Waals surface area contributed by atoms with E-state index in [1.807, 2.05) is 42.6 Å². The lowest BCUT2D eigenvalue weighted by Gasteiger charge is -2.23. The van der Waals surface area contributed by atoms with E-state index < -0.39 is 0 Å². The van der Waals surface area contributed by atoms with Crippen LogP contribution in [0.4, 0.5) is 5.69 Å². The third-order valence-electron chi connectivity index (χ3n) is 4.59. The van der Waals surface area contributed by atoms with E-state index >= 15 is 0 Å². The highest BCUT2D eigenvalue weighted by molar-refractivity contribution is 5.99. The average molecular weight is 324 g/mol. The van der Waals surface area contributed by atoms with Gasteiger partial charge in [0.1, 0.15) is 11.6 Å². The molecule has 1 fully saturated rings. The first kappa shape index (κ1) is 16.1. The van der Waals surface area contributed by atoms with Crippen LogP contribution >= 0.6 is 0 Å². The lowest BCUT2D eigenvalue weighted by Crippen LogP contribution is -2.39. The van der Waals surface area contributed by atoms with Crippen molar-refractivity contribution in [2.75, 3.05) is 18.5 Å². The molecule has 24 heavy (non-hydrogen) atoms. The van der Waals surface area contributed by atoms with E-state index in [0.717, 1.165) is 23.8 Å². The zero-order valence-electron chi connectivity index (χ0n) is 14.1. The van der Waals surface area contributed by atoms with Crippen molar-refractivity contribution in [1.29, 1.82) is 5.26 Å². The molecular weight excluding hydrogens is 304 g/mol. The maximum absolute atomic E-state index is 12.8. The van der Waals surface area contributed by atoms with E-state index in [1.165, 1.54) is 0 Å². The third kappa shape index (κ3) is 2.88. The van der Waals surface area contributed by atoms with Crippen LogP contribution in [0.15, 0.2) is 24.3 Å². The zero-order chi connectivity index (χ0) is 17.3. The Labute approximate surface area is 141 Å². The highest BCUT2D eigenvalue weighted by Crippen LogP contribution is 2.24. The number of amides is 1. The highest BCUT2D eigenvalue weighted by atomic mass is 16.2. The molecule has 0 bridgehead atoms. The fourth-order valence-electron chi connectivity index (χ4n) is 2.97. The van der Waals surface area contributed by atoms with Gasteiger partial charge in [-0.2, -0.15) is 5.26 Å². The summed E-state index contributed by atoms with van der Waals surface area (Å²) in [4.78, 5) is 16.6. The smallest absolute Gasteiger partial charge is 0.244 e. The Bertz CT molecular complexity index is 788. The van der Waals surface area contributed by atoms with Crippen LogP contribution in [0.3, 0.4) is 0 Å².